The normalized spacial score (nSPS) is 12.4. The molecule has 6 nitrogen and oxygen atoms in total. The van der Waals surface area contributed by atoms with E-state index >= 15 is 0 Å². The van der Waals surface area contributed by atoms with Crippen molar-refractivity contribution in [1.82, 2.24) is 4.98 Å². The summed E-state index contributed by atoms with van der Waals surface area (Å²) in [5.41, 5.74) is 2.95. The highest BCUT2D eigenvalue weighted by Crippen LogP contribution is 2.23. The third-order valence-electron chi connectivity index (χ3n) is 4.41. The highest BCUT2D eigenvalue weighted by atomic mass is 32.2. The summed E-state index contributed by atoms with van der Waals surface area (Å²) in [6.07, 6.45) is 2.87. The lowest BCUT2D eigenvalue weighted by Gasteiger charge is -2.05. The van der Waals surface area contributed by atoms with Crippen LogP contribution in [0.15, 0.2) is 78.1 Å². The van der Waals surface area contributed by atoms with Gasteiger partial charge in [-0.3, -0.25) is 9.71 Å². The van der Waals surface area contributed by atoms with E-state index in [-0.39, 0.29) is 0 Å². The van der Waals surface area contributed by atoms with Gasteiger partial charge < -0.3 is 5.21 Å². The topological polar surface area (TPSA) is 91.7 Å². The molecule has 0 spiro atoms. The first kappa shape index (κ1) is 17.9. The minimum absolute atomic E-state index is 0.331. The monoisotopic (exact) mass is 391 g/mol. The van der Waals surface area contributed by atoms with Gasteiger partial charge in [0.1, 0.15) is 5.36 Å². The number of pyridine rings is 1. The fourth-order valence-corrected chi connectivity index (χ4v) is 3.75. The molecule has 28 heavy (non-hydrogen) atoms. The summed E-state index contributed by atoms with van der Waals surface area (Å²) in [7, 11) is -3.42. The molecule has 0 saturated carbocycles. The van der Waals surface area contributed by atoms with Crippen LogP contribution in [0.25, 0.3) is 32.8 Å². The number of hydrogen-bond donors (Lipinski definition) is 2. The van der Waals surface area contributed by atoms with Crippen molar-refractivity contribution in [3.05, 3.63) is 78.3 Å². The molecule has 0 bridgehead atoms. The molecule has 0 amide bonds. The van der Waals surface area contributed by atoms with E-state index in [0.29, 0.717) is 27.3 Å². The van der Waals surface area contributed by atoms with Crippen LogP contribution in [0.1, 0.15) is 0 Å². The molecule has 0 aliphatic heterocycles. The number of aromatic nitrogens is 1. The van der Waals surface area contributed by atoms with Gasteiger partial charge in [0.05, 0.1) is 11.8 Å². The third-order valence-corrected chi connectivity index (χ3v) is 5.02. The van der Waals surface area contributed by atoms with E-state index in [1.165, 1.54) is 0 Å². The Morgan fingerprint density at radius 2 is 1.68 bits per heavy atom. The van der Waals surface area contributed by atoms with Crippen molar-refractivity contribution in [2.45, 2.75) is 0 Å². The molecule has 0 saturated heterocycles. The Hall–Kier alpha value is -3.45. The van der Waals surface area contributed by atoms with Gasteiger partial charge in [-0.25, -0.2) is 8.42 Å². The molecule has 0 fully saturated rings. The van der Waals surface area contributed by atoms with Crippen molar-refractivity contribution in [2.24, 2.45) is 5.16 Å². The van der Waals surface area contributed by atoms with E-state index in [9.17, 15) is 13.6 Å². The number of hydrogen-bond acceptors (Lipinski definition) is 5. The van der Waals surface area contributed by atoms with Gasteiger partial charge in [0.15, 0.2) is 0 Å². The van der Waals surface area contributed by atoms with Crippen LogP contribution >= 0.6 is 0 Å². The van der Waals surface area contributed by atoms with Crippen LogP contribution in [0.3, 0.4) is 0 Å². The number of nitrogens with zero attached hydrogens (tertiary/aromatic N) is 2. The van der Waals surface area contributed by atoms with E-state index in [0.717, 1.165) is 22.8 Å². The molecular weight excluding hydrogens is 374 g/mol. The Morgan fingerprint density at radius 3 is 2.39 bits per heavy atom. The van der Waals surface area contributed by atoms with Crippen molar-refractivity contribution >= 4 is 37.4 Å². The SMILES string of the molecule is CS(=O)(=O)Nc1ccc2ccc3ncc(-c4ccccc4)cc3/c(=N/O)c2c1. The van der Waals surface area contributed by atoms with E-state index in [2.05, 4.69) is 14.9 Å². The smallest absolute Gasteiger partial charge is 0.229 e. The lowest BCUT2D eigenvalue weighted by Crippen LogP contribution is -2.10. The molecule has 1 heterocycles. The van der Waals surface area contributed by atoms with Crippen molar-refractivity contribution in [1.29, 1.82) is 0 Å². The highest BCUT2D eigenvalue weighted by Gasteiger charge is 2.08. The van der Waals surface area contributed by atoms with Crippen LogP contribution in [0, 0.1) is 0 Å². The van der Waals surface area contributed by atoms with Gasteiger partial charge in [-0.05, 0) is 35.2 Å². The van der Waals surface area contributed by atoms with Gasteiger partial charge in [0.25, 0.3) is 0 Å². The third kappa shape index (κ3) is 3.52. The number of benzene rings is 2. The number of fused-ring (bicyclic) bond motifs is 2. The number of sulfonamides is 1. The second-order valence-corrected chi connectivity index (χ2v) is 8.23. The van der Waals surface area contributed by atoms with E-state index in [1.54, 1.807) is 24.4 Å². The van der Waals surface area contributed by atoms with Gasteiger partial charge in [-0.2, -0.15) is 0 Å². The Morgan fingerprint density at radius 1 is 0.929 bits per heavy atom. The second-order valence-electron chi connectivity index (χ2n) is 6.48. The minimum atomic E-state index is -3.42. The average Bonchev–Trinajstić information content (AvgIpc) is 2.83. The van der Waals surface area contributed by atoms with Crippen LogP contribution in [-0.2, 0) is 10.0 Å². The Kier molecular flexibility index (Phi) is 4.44. The fourth-order valence-electron chi connectivity index (χ4n) is 3.19. The second kappa shape index (κ2) is 6.94. The molecule has 2 N–H and O–H groups in total. The molecule has 4 rings (SSSR count). The molecular formula is C21H17N3O3S. The molecule has 1 aromatic heterocycles. The maximum Gasteiger partial charge on any atom is 0.229 e. The molecule has 4 aromatic rings. The zero-order valence-electron chi connectivity index (χ0n) is 15.0. The highest BCUT2D eigenvalue weighted by molar-refractivity contribution is 7.92. The molecule has 3 aromatic carbocycles. The first-order valence-electron chi connectivity index (χ1n) is 8.53. The molecule has 0 aliphatic rings. The van der Waals surface area contributed by atoms with Crippen LogP contribution in [0.5, 0.6) is 0 Å². The fraction of sp³-hybridized carbons (Fsp3) is 0.0476. The first-order chi connectivity index (χ1) is 13.4. The van der Waals surface area contributed by atoms with Crippen molar-refractivity contribution in [3.63, 3.8) is 0 Å². The zero-order valence-corrected chi connectivity index (χ0v) is 15.8. The van der Waals surface area contributed by atoms with Crippen molar-refractivity contribution < 1.29 is 13.6 Å². The quantitative estimate of drug-likeness (QED) is 0.411. The lowest BCUT2D eigenvalue weighted by molar-refractivity contribution is 0.304. The molecule has 7 heteroatoms. The first-order valence-corrected chi connectivity index (χ1v) is 10.4. The number of nitrogens with one attached hydrogen (secondary N) is 1. The van der Waals surface area contributed by atoms with E-state index in [1.807, 2.05) is 48.5 Å². The molecule has 0 radical (unpaired) electrons. The predicted molar refractivity (Wildman–Crippen MR) is 111 cm³/mol. The number of anilines is 1. The number of rotatable bonds is 3. The summed E-state index contributed by atoms with van der Waals surface area (Å²) in [6.45, 7) is 0. The average molecular weight is 391 g/mol. The molecule has 0 aliphatic carbocycles. The van der Waals surface area contributed by atoms with Crippen LogP contribution in [0.4, 0.5) is 5.69 Å². The van der Waals surface area contributed by atoms with E-state index < -0.39 is 10.0 Å². The summed E-state index contributed by atoms with van der Waals surface area (Å²) in [6, 6.07) is 20.5. The Bertz CT molecular complexity index is 1370. The maximum atomic E-state index is 11.6. The summed E-state index contributed by atoms with van der Waals surface area (Å²) < 4.78 is 25.6. The largest absolute Gasteiger partial charge is 0.410 e. The van der Waals surface area contributed by atoms with Gasteiger partial charge in [-0.1, -0.05) is 47.6 Å². The van der Waals surface area contributed by atoms with Gasteiger partial charge in [0, 0.05) is 28.2 Å². The van der Waals surface area contributed by atoms with Gasteiger partial charge >= 0.3 is 0 Å². The predicted octanol–water partition coefficient (Wildman–Crippen LogP) is 3.72. The maximum absolute atomic E-state index is 11.6. The van der Waals surface area contributed by atoms with Crippen molar-refractivity contribution in [2.75, 3.05) is 11.0 Å². The van der Waals surface area contributed by atoms with Gasteiger partial charge in [-0.15, -0.1) is 0 Å². The summed E-state index contributed by atoms with van der Waals surface area (Å²) in [4.78, 5) is 4.53. The van der Waals surface area contributed by atoms with Crippen molar-refractivity contribution in [3.8, 4) is 11.1 Å². The van der Waals surface area contributed by atoms with Gasteiger partial charge in [0.2, 0.25) is 10.0 Å². The molecule has 0 unspecified atom stereocenters. The van der Waals surface area contributed by atoms with Crippen LogP contribution in [0.2, 0.25) is 0 Å². The summed E-state index contributed by atoms with van der Waals surface area (Å²) in [5.74, 6) is 0. The standard InChI is InChI=1S/C21H17N3O3S/c1-28(26,27)24-17-9-7-15-8-10-20-19(21(23-25)18(15)12-17)11-16(13-22-20)14-5-3-2-4-6-14/h2-13,24-25H,1H3/b23-21+. The summed E-state index contributed by atoms with van der Waals surface area (Å²) >= 11 is 0. The minimum Gasteiger partial charge on any atom is -0.410 e. The summed E-state index contributed by atoms with van der Waals surface area (Å²) in [5, 5.41) is 15.7. The molecule has 0 atom stereocenters. The Labute approximate surface area is 161 Å². The molecule has 140 valence electrons. The van der Waals surface area contributed by atoms with E-state index in [4.69, 9.17) is 0 Å². The zero-order chi connectivity index (χ0) is 19.7. The van der Waals surface area contributed by atoms with Crippen LogP contribution < -0.4 is 10.1 Å². The lowest BCUT2D eigenvalue weighted by atomic mass is 10.1. The van der Waals surface area contributed by atoms with Crippen LogP contribution in [-0.4, -0.2) is 24.9 Å². The Balaban J connectivity index is 2.05.